The molecule has 1 aliphatic heterocycles. The van der Waals surface area contributed by atoms with Gasteiger partial charge >= 0.3 is 5.97 Å². The molecule has 0 saturated carbocycles. The van der Waals surface area contributed by atoms with Gasteiger partial charge in [0.15, 0.2) is 0 Å². The molecular formula is C24H18ClNO7. The number of aliphatic hydroxyl groups is 1. The monoisotopic (exact) mass is 467 g/mol. The van der Waals surface area contributed by atoms with Gasteiger partial charge in [-0.3, -0.25) is 14.5 Å². The maximum atomic E-state index is 13.1. The van der Waals surface area contributed by atoms with E-state index in [0.29, 0.717) is 10.7 Å². The fourth-order valence-electron chi connectivity index (χ4n) is 3.70. The highest BCUT2D eigenvalue weighted by Gasteiger charge is 2.48. The molecule has 8 nitrogen and oxygen atoms in total. The van der Waals surface area contributed by atoms with E-state index in [4.69, 9.17) is 25.5 Å². The second-order valence-corrected chi connectivity index (χ2v) is 7.50. The number of ether oxygens (including phenoxy) is 2. The molecule has 0 spiro atoms. The third-order valence-electron chi connectivity index (χ3n) is 5.24. The van der Waals surface area contributed by atoms with Gasteiger partial charge in [-0.25, -0.2) is 4.79 Å². The van der Waals surface area contributed by atoms with Crippen molar-refractivity contribution in [1.82, 2.24) is 0 Å². The summed E-state index contributed by atoms with van der Waals surface area (Å²) in [5.41, 5.74) is 0.562. The molecule has 1 atom stereocenters. The Morgan fingerprint density at radius 1 is 1.09 bits per heavy atom. The quantitative estimate of drug-likeness (QED) is 0.257. The molecule has 1 unspecified atom stereocenters. The van der Waals surface area contributed by atoms with E-state index in [9.17, 15) is 19.5 Å². The number of Topliss-reactive ketones (excluding diaryl/α,β-unsaturated/α-hetero) is 1. The smallest absolute Gasteiger partial charge is 0.337 e. The number of rotatable bonds is 5. The van der Waals surface area contributed by atoms with E-state index in [1.54, 1.807) is 24.3 Å². The number of esters is 1. The summed E-state index contributed by atoms with van der Waals surface area (Å²) < 4.78 is 15.5. The Morgan fingerprint density at radius 3 is 2.42 bits per heavy atom. The molecule has 33 heavy (non-hydrogen) atoms. The lowest BCUT2D eigenvalue weighted by Crippen LogP contribution is -2.29. The number of amides is 1. The molecule has 1 amide bonds. The number of aliphatic hydroxyl groups excluding tert-OH is 1. The lowest BCUT2D eigenvalue weighted by molar-refractivity contribution is -0.132. The number of methoxy groups -OCH3 is 2. The van der Waals surface area contributed by atoms with Crippen LogP contribution in [0.2, 0.25) is 5.02 Å². The molecule has 9 heteroatoms. The van der Waals surface area contributed by atoms with Crippen LogP contribution >= 0.6 is 11.6 Å². The number of carbonyl (C=O) groups excluding carboxylic acids is 3. The lowest BCUT2D eigenvalue weighted by atomic mass is 9.98. The van der Waals surface area contributed by atoms with Gasteiger partial charge in [-0.2, -0.15) is 0 Å². The topological polar surface area (TPSA) is 106 Å². The maximum Gasteiger partial charge on any atom is 0.337 e. The number of nitrogens with zero attached hydrogens (tertiary/aromatic N) is 1. The van der Waals surface area contributed by atoms with Gasteiger partial charge in [0, 0.05) is 10.7 Å². The average molecular weight is 468 g/mol. The van der Waals surface area contributed by atoms with Crippen LogP contribution in [-0.4, -0.2) is 37.0 Å². The largest absolute Gasteiger partial charge is 0.507 e. The third-order valence-corrected chi connectivity index (χ3v) is 5.48. The number of anilines is 1. The van der Waals surface area contributed by atoms with Crippen LogP contribution in [0.3, 0.4) is 0 Å². The Morgan fingerprint density at radius 2 is 1.82 bits per heavy atom. The second-order valence-electron chi connectivity index (χ2n) is 7.07. The average Bonchev–Trinajstić information content (AvgIpc) is 3.45. The summed E-state index contributed by atoms with van der Waals surface area (Å²) in [5.74, 6) is -2.25. The van der Waals surface area contributed by atoms with Crippen LogP contribution in [0.1, 0.15) is 27.7 Å². The van der Waals surface area contributed by atoms with Gasteiger partial charge in [-0.1, -0.05) is 11.6 Å². The van der Waals surface area contributed by atoms with Crippen LogP contribution in [0.5, 0.6) is 5.75 Å². The number of ketones is 1. The molecule has 2 aromatic carbocycles. The van der Waals surface area contributed by atoms with Crippen molar-refractivity contribution in [2.75, 3.05) is 19.1 Å². The van der Waals surface area contributed by atoms with E-state index in [-0.39, 0.29) is 28.2 Å². The van der Waals surface area contributed by atoms with Gasteiger partial charge in [0.2, 0.25) is 0 Å². The van der Waals surface area contributed by atoms with Crippen LogP contribution < -0.4 is 9.64 Å². The highest BCUT2D eigenvalue weighted by Crippen LogP contribution is 2.43. The molecule has 1 N–H and O–H groups in total. The minimum absolute atomic E-state index is 0.153. The Labute approximate surface area is 193 Å². The zero-order chi connectivity index (χ0) is 23.7. The summed E-state index contributed by atoms with van der Waals surface area (Å²) in [4.78, 5) is 39.2. The van der Waals surface area contributed by atoms with E-state index in [1.807, 2.05) is 0 Å². The fourth-order valence-corrected chi connectivity index (χ4v) is 3.87. The van der Waals surface area contributed by atoms with Gasteiger partial charge in [0.1, 0.15) is 23.3 Å². The normalized spacial score (nSPS) is 17.3. The summed E-state index contributed by atoms with van der Waals surface area (Å²) in [7, 11) is 2.67. The first-order valence-corrected chi connectivity index (χ1v) is 10.1. The highest BCUT2D eigenvalue weighted by atomic mass is 35.5. The van der Waals surface area contributed by atoms with Crippen LogP contribution in [-0.2, 0) is 14.3 Å². The molecule has 1 saturated heterocycles. The van der Waals surface area contributed by atoms with Crippen LogP contribution in [0, 0.1) is 0 Å². The number of benzene rings is 2. The molecule has 168 valence electrons. The van der Waals surface area contributed by atoms with Crippen molar-refractivity contribution in [3.05, 3.63) is 88.3 Å². The minimum Gasteiger partial charge on any atom is -0.507 e. The molecule has 0 bridgehead atoms. The SMILES string of the molecule is COC(=O)c1ccc(N2C(=O)C(=O)/C(=C(\O)c3cc(Cl)ccc3OC)C2c2ccco2)cc1. The highest BCUT2D eigenvalue weighted by molar-refractivity contribution is 6.51. The zero-order valence-electron chi connectivity index (χ0n) is 17.6. The van der Waals surface area contributed by atoms with Crippen molar-refractivity contribution < 1.29 is 33.4 Å². The van der Waals surface area contributed by atoms with Crippen LogP contribution in [0.15, 0.2) is 70.9 Å². The maximum absolute atomic E-state index is 13.1. The summed E-state index contributed by atoms with van der Waals surface area (Å²) in [6.07, 6.45) is 1.40. The number of halogens is 1. The van der Waals surface area contributed by atoms with E-state index in [2.05, 4.69) is 0 Å². The first-order chi connectivity index (χ1) is 15.9. The van der Waals surface area contributed by atoms with E-state index in [1.165, 1.54) is 55.7 Å². The standard InChI is InChI=1S/C24H18ClNO7/c1-31-17-10-7-14(25)12-16(17)21(27)19-20(18-4-3-11-33-18)26(23(29)22(19)28)15-8-5-13(6-9-15)24(30)32-2/h3-12,20,27H,1-2H3/b21-19-. The fraction of sp³-hybridized carbons (Fsp3) is 0.125. The molecule has 1 aliphatic rings. The number of hydrogen-bond acceptors (Lipinski definition) is 7. The Balaban J connectivity index is 1.90. The van der Waals surface area contributed by atoms with E-state index < -0.39 is 29.5 Å². The second kappa shape index (κ2) is 8.84. The van der Waals surface area contributed by atoms with E-state index in [0.717, 1.165) is 0 Å². The van der Waals surface area contributed by atoms with Gasteiger partial charge in [0.05, 0.1) is 37.2 Å². The predicted octanol–water partition coefficient (Wildman–Crippen LogP) is 4.35. The summed E-state index contributed by atoms with van der Waals surface area (Å²) in [6.45, 7) is 0. The zero-order valence-corrected chi connectivity index (χ0v) is 18.3. The van der Waals surface area contributed by atoms with Gasteiger partial charge < -0.3 is 19.0 Å². The van der Waals surface area contributed by atoms with Crippen molar-refractivity contribution >= 4 is 40.7 Å². The molecule has 3 aromatic rings. The van der Waals surface area contributed by atoms with Crippen molar-refractivity contribution in [2.45, 2.75) is 6.04 Å². The Kier molecular flexibility index (Phi) is 5.93. The molecule has 0 aliphatic carbocycles. The Bertz CT molecular complexity index is 1260. The molecule has 1 aromatic heterocycles. The predicted molar refractivity (Wildman–Crippen MR) is 119 cm³/mol. The molecule has 0 radical (unpaired) electrons. The van der Waals surface area contributed by atoms with Crippen LogP contribution in [0.25, 0.3) is 5.76 Å². The van der Waals surface area contributed by atoms with Crippen molar-refractivity contribution in [1.29, 1.82) is 0 Å². The summed E-state index contributed by atoms with van der Waals surface area (Å²) in [5, 5.41) is 11.5. The van der Waals surface area contributed by atoms with E-state index >= 15 is 0 Å². The third kappa shape index (κ3) is 3.85. The van der Waals surface area contributed by atoms with Crippen LogP contribution in [0.4, 0.5) is 5.69 Å². The number of carbonyl (C=O) groups is 3. The number of hydrogen-bond donors (Lipinski definition) is 1. The van der Waals surface area contributed by atoms with Crippen molar-refractivity contribution in [3.8, 4) is 5.75 Å². The van der Waals surface area contributed by atoms with Gasteiger partial charge in [-0.15, -0.1) is 0 Å². The van der Waals surface area contributed by atoms with Crippen molar-refractivity contribution in [2.24, 2.45) is 0 Å². The minimum atomic E-state index is -1.06. The molecular weight excluding hydrogens is 450 g/mol. The lowest BCUT2D eigenvalue weighted by Gasteiger charge is -2.23. The molecule has 4 rings (SSSR count). The number of furan rings is 1. The first kappa shape index (κ1) is 22.2. The molecule has 2 heterocycles. The Hall–Kier alpha value is -4.04. The summed E-state index contributed by atoms with van der Waals surface area (Å²) >= 11 is 6.09. The summed E-state index contributed by atoms with van der Waals surface area (Å²) in [6, 6.07) is 12.6. The van der Waals surface area contributed by atoms with Gasteiger partial charge in [0.25, 0.3) is 11.7 Å². The molecule has 1 fully saturated rings. The first-order valence-electron chi connectivity index (χ1n) is 9.74. The van der Waals surface area contributed by atoms with Crippen molar-refractivity contribution in [3.63, 3.8) is 0 Å². The van der Waals surface area contributed by atoms with Gasteiger partial charge in [-0.05, 0) is 54.6 Å².